The van der Waals surface area contributed by atoms with Crippen LogP contribution in [-0.4, -0.2) is 29.9 Å². The van der Waals surface area contributed by atoms with E-state index in [2.05, 4.69) is 10.3 Å². The van der Waals surface area contributed by atoms with Gasteiger partial charge < -0.3 is 14.6 Å². The molecule has 0 saturated heterocycles. The van der Waals surface area contributed by atoms with Gasteiger partial charge in [0, 0.05) is 43.5 Å². The minimum atomic E-state index is -0.373. The molecule has 0 spiro atoms. The summed E-state index contributed by atoms with van der Waals surface area (Å²) >= 11 is 0. The van der Waals surface area contributed by atoms with Crippen molar-refractivity contribution < 1.29 is 9.21 Å². The summed E-state index contributed by atoms with van der Waals surface area (Å²) < 4.78 is 5.23. The van der Waals surface area contributed by atoms with Crippen LogP contribution in [0, 0.1) is 6.92 Å². The number of nitrogens with one attached hydrogen (secondary N) is 1. The number of amides is 1. The lowest BCUT2D eigenvalue weighted by molar-refractivity contribution is 0.0827. The highest BCUT2D eigenvalue weighted by Crippen LogP contribution is 2.22. The molecule has 6 nitrogen and oxygen atoms in total. The molecule has 0 bridgehead atoms. The van der Waals surface area contributed by atoms with E-state index in [0.29, 0.717) is 17.0 Å². The Hall–Kier alpha value is -3.15. The van der Waals surface area contributed by atoms with Gasteiger partial charge in [0.15, 0.2) is 0 Å². The van der Waals surface area contributed by atoms with Crippen LogP contribution in [0.4, 0.5) is 11.5 Å². The van der Waals surface area contributed by atoms with Gasteiger partial charge in [-0.1, -0.05) is 0 Å². The Balaban J connectivity index is 1.87. The fourth-order valence-corrected chi connectivity index (χ4v) is 2.40. The van der Waals surface area contributed by atoms with E-state index in [1.165, 1.54) is 17.2 Å². The lowest BCUT2D eigenvalue weighted by atomic mass is 10.1. The van der Waals surface area contributed by atoms with Gasteiger partial charge >= 0.3 is 5.63 Å². The van der Waals surface area contributed by atoms with Crippen molar-refractivity contribution in [3.8, 4) is 0 Å². The number of aryl methyl sites for hydroxylation is 1. The van der Waals surface area contributed by atoms with E-state index in [0.717, 1.165) is 16.6 Å². The summed E-state index contributed by atoms with van der Waals surface area (Å²) in [6, 6.07) is 10.4. The first-order valence-corrected chi connectivity index (χ1v) is 7.43. The van der Waals surface area contributed by atoms with Crippen LogP contribution in [0.5, 0.6) is 0 Å². The minimum Gasteiger partial charge on any atom is -0.423 e. The van der Waals surface area contributed by atoms with E-state index in [9.17, 15) is 9.59 Å². The molecule has 3 rings (SSSR count). The van der Waals surface area contributed by atoms with Gasteiger partial charge in [-0.2, -0.15) is 0 Å². The smallest absolute Gasteiger partial charge is 0.336 e. The van der Waals surface area contributed by atoms with Crippen molar-refractivity contribution in [2.75, 3.05) is 19.4 Å². The molecule has 2 aromatic heterocycles. The SMILES string of the molecule is Cc1cc(=O)oc2cc(Nc3ccc(C(=O)N(C)C)cn3)ccc12. The van der Waals surface area contributed by atoms with Gasteiger partial charge in [-0.25, -0.2) is 9.78 Å². The third kappa shape index (κ3) is 3.12. The van der Waals surface area contributed by atoms with Crippen molar-refractivity contribution >= 4 is 28.4 Å². The number of aromatic nitrogens is 1. The number of nitrogens with zero attached hydrogens (tertiary/aromatic N) is 2. The van der Waals surface area contributed by atoms with E-state index >= 15 is 0 Å². The number of carbonyl (C=O) groups is 1. The second-order valence-electron chi connectivity index (χ2n) is 5.72. The van der Waals surface area contributed by atoms with Crippen molar-refractivity contribution in [1.29, 1.82) is 0 Å². The van der Waals surface area contributed by atoms with Crippen LogP contribution in [-0.2, 0) is 0 Å². The molecule has 1 aromatic carbocycles. The third-order valence-corrected chi connectivity index (χ3v) is 3.64. The van der Waals surface area contributed by atoms with Gasteiger partial charge in [-0.15, -0.1) is 0 Å². The van der Waals surface area contributed by atoms with E-state index in [1.807, 2.05) is 19.1 Å². The van der Waals surface area contributed by atoms with Crippen LogP contribution >= 0.6 is 0 Å². The van der Waals surface area contributed by atoms with Crippen LogP contribution in [0.1, 0.15) is 15.9 Å². The fraction of sp³-hybridized carbons (Fsp3) is 0.167. The molecule has 24 heavy (non-hydrogen) atoms. The zero-order valence-electron chi connectivity index (χ0n) is 13.7. The Morgan fingerprint density at radius 3 is 2.62 bits per heavy atom. The molecule has 3 aromatic rings. The zero-order chi connectivity index (χ0) is 17.3. The van der Waals surface area contributed by atoms with Crippen LogP contribution in [0.3, 0.4) is 0 Å². The maximum atomic E-state index is 11.8. The Kier molecular flexibility index (Phi) is 4.04. The van der Waals surface area contributed by atoms with Crippen molar-refractivity contribution in [3.63, 3.8) is 0 Å². The second-order valence-corrected chi connectivity index (χ2v) is 5.72. The summed E-state index contributed by atoms with van der Waals surface area (Å²) in [5.41, 5.74) is 2.28. The molecule has 122 valence electrons. The molecule has 1 N–H and O–H groups in total. The highest BCUT2D eigenvalue weighted by Gasteiger charge is 2.08. The molecule has 0 atom stereocenters. The first-order chi connectivity index (χ1) is 11.4. The number of hydrogen-bond acceptors (Lipinski definition) is 5. The summed E-state index contributed by atoms with van der Waals surface area (Å²) in [6.07, 6.45) is 1.52. The summed E-state index contributed by atoms with van der Waals surface area (Å²) in [7, 11) is 3.39. The van der Waals surface area contributed by atoms with Gasteiger partial charge in [-0.05, 0) is 36.8 Å². The Morgan fingerprint density at radius 1 is 1.17 bits per heavy atom. The van der Waals surface area contributed by atoms with Crippen LogP contribution in [0.15, 0.2) is 51.8 Å². The highest BCUT2D eigenvalue weighted by molar-refractivity contribution is 5.93. The molecule has 6 heteroatoms. The number of pyridine rings is 1. The lowest BCUT2D eigenvalue weighted by Gasteiger charge is -2.11. The number of anilines is 2. The van der Waals surface area contributed by atoms with Gasteiger partial charge in [0.1, 0.15) is 11.4 Å². The molecule has 0 fully saturated rings. The molecular formula is C18H17N3O3. The largest absolute Gasteiger partial charge is 0.423 e. The third-order valence-electron chi connectivity index (χ3n) is 3.64. The summed E-state index contributed by atoms with van der Waals surface area (Å²) in [5.74, 6) is 0.497. The average molecular weight is 323 g/mol. The number of benzene rings is 1. The zero-order valence-corrected chi connectivity index (χ0v) is 13.7. The van der Waals surface area contributed by atoms with Crippen molar-refractivity contribution in [2.24, 2.45) is 0 Å². The number of fused-ring (bicyclic) bond motifs is 1. The Morgan fingerprint density at radius 2 is 1.96 bits per heavy atom. The Bertz CT molecular complexity index is 959. The molecule has 0 aliphatic carbocycles. The van der Waals surface area contributed by atoms with Gasteiger partial charge in [-0.3, -0.25) is 4.79 Å². The summed E-state index contributed by atoms with van der Waals surface area (Å²) in [6.45, 7) is 1.87. The van der Waals surface area contributed by atoms with Gasteiger partial charge in [0.2, 0.25) is 0 Å². The predicted molar refractivity (Wildman–Crippen MR) is 92.8 cm³/mol. The van der Waals surface area contributed by atoms with Crippen LogP contribution < -0.4 is 10.9 Å². The topological polar surface area (TPSA) is 75.4 Å². The maximum Gasteiger partial charge on any atom is 0.336 e. The first-order valence-electron chi connectivity index (χ1n) is 7.43. The number of rotatable bonds is 3. The lowest BCUT2D eigenvalue weighted by Crippen LogP contribution is -2.21. The van der Waals surface area contributed by atoms with Gasteiger partial charge in [0.05, 0.1) is 5.56 Å². The maximum absolute atomic E-state index is 11.8. The molecule has 0 aliphatic rings. The minimum absolute atomic E-state index is 0.1000. The quantitative estimate of drug-likeness (QED) is 0.750. The molecule has 0 unspecified atom stereocenters. The monoisotopic (exact) mass is 323 g/mol. The fourth-order valence-electron chi connectivity index (χ4n) is 2.40. The number of carbonyl (C=O) groups excluding carboxylic acids is 1. The number of hydrogen-bond donors (Lipinski definition) is 1. The molecule has 1 amide bonds. The predicted octanol–water partition coefficient (Wildman–Crippen LogP) is 2.94. The summed E-state index contributed by atoms with van der Waals surface area (Å²) in [4.78, 5) is 29.1. The van der Waals surface area contributed by atoms with Crippen molar-refractivity contribution in [1.82, 2.24) is 9.88 Å². The molecule has 0 saturated carbocycles. The van der Waals surface area contributed by atoms with Crippen molar-refractivity contribution in [2.45, 2.75) is 6.92 Å². The normalized spacial score (nSPS) is 10.6. The molecular weight excluding hydrogens is 306 g/mol. The standard InChI is InChI=1S/C18H17N3O3/c1-11-8-17(22)24-15-9-13(5-6-14(11)15)20-16-7-4-12(10-19-16)18(23)21(2)3/h4-10H,1-3H3,(H,19,20). The highest BCUT2D eigenvalue weighted by atomic mass is 16.4. The van der Waals surface area contributed by atoms with E-state index in [1.54, 1.807) is 32.3 Å². The summed E-state index contributed by atoms with van der Waals surface area (Å²) in [5, 5.41) is 4.02. The van der Waals surface area contributed by atoms with E-state index in [-0.39, 0.29) is 11.5 Å². The van der Waals surface area contributed by atoms with E-state index < -0.39 is 0 Å². The Labute approximate surface area is 138 Å². The van der Waals surface area contributed by atoms with Gasteiger partial charge in [0.25, 0.3) is 5.91 Å². The van der Waals surface area contributed by atoms with Crippen LogP contribution in [0.25, 0.3) is 11.0 Å². The van der Waals surface area contributed by atoms with E-state index in [4.69, 9.17) is 4.42 Å². The second kappa shape index (κ2) is 6.16. The van der Waals surface area contributed by atoms with Crippen molar-refractivity contribution in [3.05, 3.63) is 64.1 Å². The molecule has 0 aliphatic heterocycles. The van der Waals surface area contributed by atoms with Crippen LogP contribution in [0.2, 0.25) is 0 Å². The first kappa shape index (κ1) is 15.7. The average Bonchev–Trinajstić information content (AvgIpc) is 2.54. The molecule has 2 heterocycles. The molecule has 0 radical (unpaired) electrons.